The zero-order valence-electron chi connectivity index (χ0n) is 8.68. The maximum absolute atomic E-state index is 11.6. The Kier molecular flexibility index (Phi) is 4.48. The van der Waals surface area contributed by atoms with Gasteiger partial charge in [-0.3, -0.25) is 4.79 Å². The first-order valence-electron chi connectivity index (χ1n) is 5.27. The molecule has 0 radical (unpaired) electrons. The van der Waals surface area contributed by atoms with Crippen molar-refractivity contribution in [1.82, 2.24) is 10.6 Å². The first kappa shape index (κ1) is 11.1. The third-order valence-corrected chi connectivity index (χ3v) is 2.47. The second-order valence-electron chi connectivity index (χ2n) is 3.67. The van der Waals surface area contributed by atoms with E-state index in [-0.39, 0.29) is 18.0 Å². The molecule has 2 N–H and O–H groups in total. The van der Waals surface area contributed by atoms with Crippen molar-refractivity contribution in [1.29, 1.82) is 0 Å². The largest absolute Gasteiger partial charge is 0.341 e. The van der Waals surface area contributed by atoms with Crippen LogP contribution in [0.4, 0.5) is 0 Å². The van der Waals surface area contributed by atoms with Crippen LogP contribution in [-0.2, 0) is 4.79 Å². The molecule has 1 heterocycles. The topological polar surface area (TPSA) is 41.1 Å². The highest BCUT2D eigenvalue weighted by atomic mass is 16.2. The fraction of sp³-hybridized carbons (Fsp3) is 0.727. The minimum Gasteiger partial charge on any atom is -0.341 e. The van der Waals surface area contributed by atoms with Crippen LogP contribution < -0.4 is 10.6 Å². The fourth-order valence-electron chi connectivity index (χ4n) is 1.67. The standard InChI is InChI=1S/C11H18N2O/c1-3-6-9(4-2)13-11(14)10-7-5-8-12-10/h2,9-10,12H,3,5-8H2,1H3,(H,13,14)/t9?,10-/m1/s1. The first-order chi connectivity index (χ1) is 6.77. The third kappa shape index (κ3) is 3.04. The molecule has 0 spiro atoms. The molecule has 3 nitrogen and oxygen atoms in total. The molecule has 0 aromatic rings. The van der Waals surface area contributed by atoms with Gasteiger partial charge in [-0.05, 0) is 25.8 Å². The quantitative estimate of drug-likeness (QED) is 0.645. The van der Waals surface area contributed by atoms with Gasteiger partial charge in [0.25, 0.3) is 0 Å². The monoisotopic (exact) mass is 194 g/mol. The molecule has 3 heteroatoms. The fourth-order valence-corrected chi connectivity index (χ4v) is 1.67. The molecular weight excluding hydrogens is 176 g/mol. The van der Waals surface area contributed by atoms with E-state index in [0.29, 0.717) is 0 Å². The summed E-state index contributed by atoms with van der Waals surface area (Å²) in [5.41, 5.74) is 0. The summed E-state index contributed by atoms with van der Waals surface area (Å²) in [7, 11) is 0. The number of hydrogen-bond acceptors (Lipinski definition) is 2. The van der Waals surface area contributed by atoms with Crippen LogP contribution in [0, 0.1) is 12.3 Å². The molecule has 1 aliphatic rings. The lowest BCUT2D eigenvalue weighted by Crippen LogP contribution is -2.44. The molecule has 1 rings (SSSR count). The molecule has 14 heavy (non-hydrogen) atoms. The summed E-state index contributed by atoms with van der Waals surface area (Å²) in [6.45, 7) is 3.00. The van der Waals surface area contributed by atoms with E-state index in [4.69, 9.17) is 6.42 Å². The second-order valence-corrected chi connectivity index (χ2v) is 3.67. The molecule has 1 amide bonds. The minimum atomic E-state index is -0.102. The normalized spacial score (nSPS) is 22.7. The zero-order valence-corrected chi connectivity index (χ0v) is 8.68. The van der Waals surface area contributed by atoms with Crippen molar-refractivity contribution < 1.29 is 4.79 Å². The van der Waals surface area contributed by atoms with Gasteiger partial charge >= 0.3 is 0 Å². The Morgan fingerprint density at radius 2 is 2.57 bits per heavy atom. The highest BCUT2D eigenvalue weighted by Gasteiger charge is 2.23. The number of rotatable bonds is 4. The predicted octanol–water partition coefficient (Wildman–Crippen LogP) is 0.656. The number of carbonyl (C=O) groups excluding carboxylic acids is 1. The molecule has 0 aliphatic carbocycles. The molecular formula is C11H18N2O. The van der Waals surface area contributed by atoms with Crippen LogP contribution in [0.15, 0.2) is 0 Å². The number of hydrogen-bond donors (Lipinski definition) is 2. The van der Waals surface area contributed by atoms with Gasteiger partial charge in [0.1, 0.15) is 0 Å². The van der Waals surface area contributed by atoms with Gasteiger partial charge in [0, 0.05) is 0 Å². The summed E-state index contributed by atoms with van der Waals surface area (Å²) in [6, 6.07) is -0.127. The van der Waals surface area contributed by atoms with Crippen LogP contribution in [0.5, 0.6) is 0 Å². The maximum atomic E-state index is 11.6. The van der Waals surface area contributed by atoms with Crippen molar-refractivity contribution in [2.45, 2.75) is 44.7 Å². The Bertz CT molecular complexity index is 226. The summed E-state index contributed by atoms with van der Waals surface area (Å²) < 4.78 is 0. The van der Waals surface area contributed by atoms with E-state index in [0.717, 1.165) is 32.2 Å². The molecule has 2 atom stereocenters. The van der Waals surface area contributed by atoms with Gasteiger partial charge in [0.15, 0.2) is 0 Å². The summed E-state index contributed by atoms with van der Waals surface area (Å²) in [5, 5.41) is 6.02. The van der Waals surface area contributed by atoms with E-state index in [1.54, 1.807) is 0 Å². The average molecular weight is 194 g/mol. The molecule has 1 aliphatic heterocycles. The zero-order chi connectivity index (χ0) is 10.4. The predicted molar refractivity (Wildman–Crippen MR) is 56.7 cm³/mol. The summed E-state index contributed by atoms with van der Waals surface area (Å²) >= 11 is 0. The Labute approximate surface area is 85.6 Å². The van der Waals surface area contributed by atoms with Gasteiger partial charge in [-0.1, -0.05) is 19.3 Å². The van der Waals surface area contributed by atoms with Crippen LogP contribution in [0.25, 0.3) is 0 Å². The molecule has 0 saturated carbocycles. The lowest BCUT2D eigenvalue weighted by molar-refractivity contribution is -0.123. The van der Waals surface area contributed by atoms with Crippen LogP contribution >= 0.6 is 0 Å². The van der Waals surface area contributed by atoms with E-state index in [1.807, 2.05) is 0 Å². The smallest absolute Gasteiger partial charge is 0.238 e. The van der Waals surface area contributed by atoms with Crippen molar-refractivity contribution in [3.05, 3.63) is 0 Å². The first-order valence-corrected chi connectivity index (χ1v) is 5.27. The number of carbonyl (C=O) groups is 1. The highest BCUT2D eigenvalue weighted by molar-refractivity contribution is 5.82. The highest BCUT2D eigenvalue weighted by Crippen LogP contribution is 2.05. The minimum absolute atomic E-state index is 0.0253. The van der Waals surface area contributed by atoms with E-state index in [2.05, 4.69) is 23.5 Å². The van der Waals surface area contributed by atoms with Gasteiger partial charge in [0.2, 0.25) is 5.91 Å². The summed E-state index contributed by atoms with van der Waals surface area (Å²) in [6.07, 6.45) is 9.17. The van der Waals surface area contributed by atoms with E-state index in [9.17, 15) is 4.79 Å². The second kappa shape index (κ2) is 5.66. The molecule has 78 valence electrons. The lowest BCUT2D eigenvalue weighted by atomic mass is 10.1. The van der Waals surface area contributed by atoms with Gasteiger partial charge in [-0.15, -0.1) is 6.42 Å². The maximum Gasteiger partial charge on any atom is 0.238 e. The molecule has 0 aromatic carbocycles. The van der Waals surface area contributed by atoms with Crippen molar-refractivity contribution in [3.8, 4) is 12.3 Å². The van der Waals surface area contributed by atoms with E-state index in [1.165, 1.54) is 0 Å². The number of terminal acetylenes is 1. The average Bonchev–Trinajstić information content (AvgIpc) is 2.69. The third-order valence-electron chi connectivity index (χ3n) is 2.47. The molecule has 1 saturated heterocycles. The van der Waals surface area contributed by atoms with Crippen molar-refractivity contribution in [2.24, 2.45) is 0 Å². The number of amides is 1. The SMILES string of the molecule is C#CC(CCC)NC(=O)[C@H]1CCCN1. The van der Waals surface area contributed by atoms with E-state index >= 15 is 0 Å². The molecule has 1 fully saturated rings. The van der Waals surface area contributed by atoms with Crippen LogP contribution in [-0.4, -0.2) is 24.5 Å². The Morgan fingerprint density at radius 3 is 3.07 bits per heavy atom. The summed E-state index contributed by atoms with van der Waals surface area (Å²) in [4.78, 5) is 11.6. The molecule has 0 aromatic heterocycles. The molecule has 1 unspecified atom stereocenters. The van der Waals surface area contributed by atoms with Crippen LogP contribution in [0.3, 0.4) is 0 Å². The van der Waals surface area contributed by atoms with Gasteiger partial charge in [-0.2, -0.15) is 0 Å². The van der Waals surface area contributed by atoms with Crippen LogP contribution in [0.1, 0.15) is 32.6 Å². The van der Waals surface area contributed by atoms with Gasteiger partial charge in [-0.25, -0.2) is 0 Å². The van der Waals surface area contributed by atoms with Gasteiger partial charge < -0.3 is 10.6 Å². The van der Waals surface area contributed by atoms with Crippen LogP contribution in [0.2, 0.25) is 0 Å². The van der Waals surface area contributed by atoms with Crippen molar-refractivity contribution >= 4 is 5.91 Å². The Morgan fingerprint density at radius 1 is 1.79 bits per heavy atom. The van der Waals surface area contributed by atoms with E-state index < -0.39 is 0 Å². The molecule has 0 bridgehead atoms. The number of nitrogens with one attached hydrogen (secondary N) is 2. The summed E-state index contributed by atoms with van der Waals surface area (Å²) in [5.74, 6) is 2.65. The Balaban J connectivity index is 2.34. The van der Waals surface area contributed by atoms with Gasteiger partial charge in [0.05, 0.1) is 12.1 Å². The van der Waals surface area contributed by atoms with Crippen molar-refractivity contribution in [3.63, 3.8) is 0 Å². The Hall–Kier alpha value is -1.01. The lowest BCUT2D eigenvalue weighted by Gasteiger charge is -2.15. The van der Waals surface area contributed by atoms with Crippen molar-refractivity contribution in [2.75, 3.05) is 6.54 Å².